The standard InChI is InChI=1S/C26H32O2S/c1-5-20-13-18(4)14-21(6-2)25(20)26-23(27)15-19(16-24(26)28)11-12-29-22-9-7-17(3)8-10-22/h7-10,13-14,19,26H,5-6,11-12,15-16H2,1-4H3. The summed E-state index contributed by atoms with van der Waals surface area (Å²) < 4.78 is 0. The predicted octanol–water partition coefficient (Wildman–Crippen LogP) is 6.24. The number of carbonyl (C=O) groups excluding carboxylic acids is 2. The Morgan fingerprint density at radius 1 is 0.862 bits per heavy atom. The summed E-state index contributed by atoms with van der Waals surface area (Å²) in [5.74, 6) is 0.843. The second-order valence-corrected chi connectivity index (χ2v) is 9.46. The number of ketones is 2. The van der Waals surface area contributed by atoms with E-state index in [9.17, 15) is 9.59 Å². The summed E-state index contributed by atoms with van der Waals surface area (Å²) in [4.78, 5) is 27.4. The number of rotatable bonds is 7. The van der Waals surface area contributed by atoms with Gasteiger partial charge in [-0.2, -0.15) is 0 Å². The van der Waals surface area contributed by atoms with Crippen LogP contribution in [0.3, 0.4) is 0 Å². The molecule has 0 saturated heterocycles. The molecule has 3 rings (SSSR count). The van der Waals surface area contributed by atoms with Gasteiger partial charge in [0.25, 0.3) is 0 Å². The van der Waals surface area contributed by atoms with Gasteiger partial charge in [-0.15, -0.1) is 11.8 Å². The summed E-state index contributed by atoms with van der Waals surface area (Å²) in [6.45, 7) is 8.40. The van der Waals surface area contributed by atoms with E-state index in [2.05, 4.69) is 64.1 Å². The summed E-state index contributed by atoms with van der Waals surface area (Å²) in [6, 6.07) is 12.8. The second kappa shape index (κ2) is 9.75. The van der Waals surface area contributed by atoms with Crippen LogP contribution in [-0.4, -0.2) is 17.3 Å². The molecule has 0 aromatic heterocycles. The van der Waals surface area contributed by atoms with Gasteiger partial charge in [0.05, 0.1) is 0 Å². The predicted molar refractivity (Wildman–Crippen MR) is 122 cm³/mol. The molecule has 0 N–H and O–H groups in total. The lowest BCUT2D eigenvalue weighted by Gasteiger charge is -2.29. The molecular weight excluding hydrogens is 376 g/mol. The monoisotopic (exact) mass is 408 g/mol. The largest absolute Gasteiger partial charge is 0.299 e. The van der Waals surface area contributed by atoms with Crippen molar-refractivity contribution >= 4 is 23.3 Å². The van der Waals surface area contributed by atoms with E-state index in [1.54, 1.807) is 0 Å². The molecule has 0 bridgehead atoms. The molecule has 1 saturated carbocycles. The first-order chi connectivity index (χ1) is 13.9. The average Bonchev–Trinajstić information content (AvgIpc) is 2.69. The van der Waals surface area contributed by atoms with E-state index in [1.807, 2.05) is 11.8 Å². The van der Waals surface area contributed by atoms with E-state index >= 15 is 0 Å². The third-order valence-electron chi connectivity index (χ3n) is 5.99. The Morgan fingerprint density at radius 3 is 1.93 bits per heavy atom. The molecule has 2 nitrogen and oxygen atoms in total. The average molecular weight is 409 g/mol. The SMILES string of the molecule is CCc1cc(C)cc(CC)c1C1C(=O)CC(CCSc2ccc(C)cc2)CC1=O. The molecule has 0 radical (unpaired) electrons. The van der Waals surface area contributed by atoms with Gasteiger partial charge in [-0.3, -0.25) is 9.59 Å². The number of hydrogen-bond acceptors (Lipinski definition) is 3. The fraction of sp³-hybridized carbons (Fsp3) is 0.462. The molecule has 29 heavy (non-hydrogen) atoms. The van der Waals surface area contributed by atoms with Crippen molar-refractivity contribution in [1.82, 2.24) is 0 Å². The van der Waals surface area contributed by atoms with E-state index in [1.165, 1.54) is 27.1 Å². The molecule has 0 atom stereocenters. The normalized spacial score (nSPS) is 19.6. The van der Waals surface area contributed by atoms with Gasteiger partial charge < -0.3 is 0 Å². The topological polar surface area (TPSA) is 34.1 Å². The summed E-state index contributed by atoms with van der Waals surface area (Å²) in [5, 5.41) is 0. The van der Waals surface area contributed by atoms with Gasteiger partial charge >= 0.3 is 0 Å². The molecule has 0 amide bonds. The molecule has 1 aliphatic rings. The Morgan fingerprint density at radius 2 is 1.41 bits per heavy atom. The fourth-order valence-electron chi connectivity index (χ4n) is 4.47. The van der Waals surface area contributed by atoms with E-state index in [-0.39, 0.29) is 17.5 Å². The molecular formula is C26H32O2S. The van der Waals surface area contributed by atoms with E-state index in [0.29, 0.717) is 12.8 Å². The second-order valence-electron chi connectivity index (χ2n) is 8.29. The van der Waals surface area contributed by atoms with Crippen molar-refractivity contribution in [2.75, 3.05) is 5.75 Å². The molecule has 3 heteroatoms. The van der Waals surface area contributed by atoms with Crippen LogP contribution in [0.4, 0.5) is 0 Å². The smallest absolute Gasteiger partial charge is 0.148 e. The van der Waals surface area contributed by atoms with Crippen molar-refractivity contribution in [2.24, 2.45) is 5.92 Å². The third kappa shape index (κ3) is 5.19. The maximum Gasteiger partial charge on any atom is 0.148 e. The van der Waals surface area contributed by atoms with Crippen molar-refractivity contribution in [3.8, 4) is 0 Å². The van der Waals surface area contributed by atoms with Crippen LogP contribution >= 0.6 is 11.8 Å². The highest BCUT2D eigenvalue weighted by Gasteiger charge is 2.38. The quantitative estimate of drug-likeness (QED) is 0.401. The Hall–Kier alpha value is -1.87. The maximum atomic E-state index is 13.1. The number of benzene rings is 2. The lowest BCUT2D eigenvalue weighted by Crippen LogP contribution is -2.33. The number of carbonyl (C=O) groups is 2. The molecule has 0 spiro atoms. The van der Waals surface area contributed by atoms with Gasteiger partial charge in [0.15, 0.2) is 0 Å². The van der Waals surface area contributed by atoms with Crippen molar-refractivity contribution in [3.63, 3.8) is 0 Å². The Kier molecular flexibility index (Phi) is 7.34. The molecule has 154 valence electrons. The molecule has 1 fully saturated rings. The molecule has 2 aromatic rings. The lowest BCUT2D eigenvalue weighted by atomic mass is 9.73. The molecule has 0 aliphatic heterocycles. The maximum absolute atomic E-state index is 13.1. The van der Waals surface area contributed by atoms with Gasteiger partial charge in [0.2, 0.25) is 0 Å². The Bertz CT molecular complexity index is 839. The van der Waals surface area contributed by atoms with Gasteiger partial charge in [0, 0.05) is 17.7 Å². The van der Waals surface area contributed by atoms with Gasteiger partial charge in [-0.1, -0.05) is 49.2 Å². The summed E-state index contributed by atoms with van der Waals surface area (Å²) >= 11 is 1.81. The number of thioether (sulfide) groups is 1. The van der Waals surface area contributed by atoms with Crippen LogP contribution in [0.1, 0.15) is 66.8 Å². The first-order valence-corrected chi connectivity index (χ1v) is 11.8. The van der Waals surface area contributed by atoms with E-state index in [4.69, 9.17) is 0 Å². The van der Waals surface area contributed by atoms with E-state index < -0.39 is 5.92 Å². The van der Waals surface area contributed by atoms with Crippen molar-refractivity contribution in [2.45, 2.75) is 70.6 Å². The van der Waals surface area contributed by atoms with Crippen molar-refractivity contribution < 1.29 is 9.59 Å². The van der Waals surface area contributed by atoms with Crippen LogP contribution in [0.2, 0.25) is 0 Å². The lowest BCUT2D eigenvalue weighted by molar-refractivity contribution is -0.133. The Balaban J connectivity index is 1.68. The zero-order valence-electron chi connectivity index (χ0n) is 18.1. The van der Waals surface area contributed by atoms with Crippen LogP contribution in [0.15, 0.2) is 41.3 Å². The van der Waals surface area contributed by atoms with E-state index in [0.717, 1.165) is 30.6 Å². The molecule has 1 aliphatic carbocycles. The number of Topliss-reactive ketones (excluding diaryl/α,β-unsaturated/α-hetero) is 2. The highest BCUT2D eigenvalue weighted by Crippen LogP contribution is 2.37. The van der Waals surface area contributed by atoms with Crippen LogP contribution in [-0.2, 0) is 22.4 Å². The number of hydrogen-bond donors (Lipinski definition) is 0. The highest BCUT2D eigenvalue weighted by atomic mass is 32.2. The molecule has 2 aromatic carbocycles. The molecule has 0 heterocycles. The van der Waals surface area contributed by atoms with Crippen LogP contribution in [0.25, 0.3) is 0 Å². The summed E-state index contributed by atoms with van der Waals surface area (Å²) in [7, 11) is 0. The van der Waals surface area contributed by atoms with Crippen molar-refractivity contribution in [1.29, 1.82) is 0 Å². The third-order valence-corrected chi connectivity index (χ3v) is 7.03. The zero-order valence-corrected chi connectivity index (χ0v) is 18.9. The Labute approximate surface area is 179 Å². The summed E-state index contributed by atoms with van der Waals surface area (Å²) in [5.41, 5.74) is 5.83. The highest BCUT2D eigenvalue weighted by molar-refractivity contribution is 7.99. The van der Waals surface area contributed by atoms with Crippen LogP contribution < -0.4 is 0 Å². The first kappa shape index (κ1) is 21.8. The fourth-order valence-corrected chi connectivity index (χ4v) is 5.48. The van der Waals surface area contributed by atoms with Crippen LogP contribution in [0, 0.1) is 19.8 Å². The van der Waals surface area contributed by atoms with Gasteiger partial charge in [0.1, 0.15) is 17.5 Å². The zero-order chi connectivity index (χ0) is 21.0. The minimum Gasteiger partial charge on any atom is -0.299 e. The van der Waals surface area contributed by atoms with Gasteiger partial charge in [-0.25, -0.2) is 0 Å². The number of aryl methyl sites for hydroxylation is 4. The minimum atomic E-state index is -0.540. The van der Waals surface area contributed by atoms with Crippen LogP contribution in [0.5, 0.6) is 0 Å². The molecule has 0 unspecified atom stereocenters. The van der Waals surface area contributed by atoms with Gasteiger partial charge in [-0.05, 0) is 73.6 Å². The first-order valence-electron chi connectivity index (χ1n) is 10.8. The summed E-state index contributed by atoms with van der Waals surface area (Å²) in [6.07, 6.45) is 3.70. The van der Waals surface area contributed by atoms with Crippen molar-refractivity contribution in [3.05, 3.63) is 64.2 Å². The minimum absolute atomic E-state index is 0.125.